The molecule has 0 amide bonds. The summed E-state index contributed by atoms with van der Waals surface area (Å²) in [6, 6.07) is 14.5. The lowest BCUT2D eigenvalue weighted by Crippen LogP contribution is -2.32. The van der Waals surface area contributed by atoms with E-state index in [4.69, 9.17) is 34.3 Å². The van der Waals surface area contributed by atoms with Crippen LogP contribution >= 0.6 is 0 Å². The lowest BCUT2D eigenvalue weighted by Gasteiger charge is -2.32. The molecule has 0 saturated carbocycles. The SMILES string of the molecule is COc1ccc(CCN(C)CCCC(C#N)(c2ccc(OC)c(OC)c2)C(C)C)cc1OC.O=[N+]([O-])O. The first-order valence-electron chi connectivity index (χ1n) is 11.9. The summed E-state index contributed by atoms with van der Waals surface area (Å²) in [6.07, 6.45) is 2.61. The third-order valence-electron chi connectivity index (χ3n) is 6.42. The second-order valence-corrected chi connectivity index (χ2v) is 8.89. The zero-order valence-electron chi connectivity index (χ0n) is 22.8. The van der Waals surface area contributed by atoms with Gasteiger partial charge >= 0.3 is 0 Å². The Morgan fingerprint density at radius 1 is 0.973 bits per heavy atom. The maximum atomic E-state index is 10.2. The highest BCUT2D eigenvalue weighted by Crippen LogP contribution is 2.40. The Labute approximate surface area is 219 Å². The van der Waals surface area contributed by atoms with E-state index >= 15 is 0 Å². The lowest BCUT2D eigenvalue weighted by molar-refractivity contribution is -0.742. The van der Waals surface area contributed by atoms with Gasteiger partial charge in [0, 0.05) is 6.54 Å². The summed E-state index contributed by atoms with van der Waals surface area (Å²) in [5.74, 6) is 2.99. The molecule has 0 radical (unpaired) electrons. The largest absolute Gasteiger partial charge is 0.493 e. The number of hydrogen-bond acceptors (Lipinski definition) is 8. The van der Waals surface area contributed by atoms with Gasteiger partial charge in [-0.2, -0.15) is 5.26 Å². The van der Waals surface area contributed by atoms with Crippen LogP contribution < -0.4 is 18.9 Å². The molecular weight excluding hydrogens is 478 g/mol. The molecule has 1 N–H and O–H groups in total. The smallest absolute Gasteiger partial charge is 0.291 e. The molecule has 2 rings (SSSR count). The molecule has 2 aromatic carbocycles. The molecule has 10 heteroatoms. The molecule has 0 heterocycles. The molecule has 1 atom stereocenters. The quantitative estimate of drug-likeness (QED) is 0.296. The number of methoxy groups -OCH3 is 4. The molecule has 0 spiro atoms. The fraction of sp³-hybridized carbons (Fsp3) is 0.519. The van der Waals surface area contributed by atoms with Gasteiger partial charge in [-0.1, -0.05) is 26.0 Å². The van der Waals surface area contributed by atoms with Crippen LogP contribution in [0.25, 0.3) is 0 Å². The second-order valence-electron chi connectivity index (χ2n) is 8.89. The molecule has 0 aliphatic heterocycles. The normalized spacial score (nSPS) is 12.1. The zero-order valence-corrected chi connectivity index (χ0v) is 22.8. The Hall–Kier alpha value is -3.71. The van der Waals surface area contributed by atoms with E-state index in [1.807, 2.05) is 30.3 Å². The first-order chi connectivity index (χ1) is 17.6. The highest BCUT2D eigenvalue weighted by molar-refractivity contribution is 5.47. The summed E-state index contributed by atoms with van der Waals surface area (Å²) in [4.78, 5) is 10.7. The van der Waals surface area contributed by atoms with Crippen LogP contribution in [0.4, 0.5) is 0 Å². The number of rotatable bonds is 13. The fourth-order valence-corrected chi connectivity index (χ4v) is 4.23. The van der Waals surface area contributed by atoms with Crippen LogP contribution in [-0.4, -0.2) is 63.8 Å². The van der Waals surface area contributed by atoms with Gasteiger partial charge in [0.2, 0.25) is 0 Å². The number of likely N-dealkylation sites (N-methyl/N-ethyl adjacent to an activating group) is 1. The highest BCUT2D eigenvalue weighted by Gasteiger charge is 2.36. The predicted molar refractivity (Wildman–Crippen MR) is 140 cm³/mol. The number of nitrogens with zero attached hydrogens (tertiary/aromatic N) is 3. The summed E-state index contributed by atoms with van der Waals surface area (Å²) in [6.45, 7) is 6.06. The van der Waals surface area contributed by atoms with Crippen LogP contribution in [0.1, 0.15) is 37.8 Å². The van der Waals surface area contributed by atoms with Crippen molar-refractivity contribution in [3.05, 3.63) is 57.6 Å². The van der Waals surface area contributed by atoms with Crippen molar-refractivity contribution >= 4 is 0 Å². The maximum Gasteiger partial charge on any atom is 0.291 e. The van der Waals surface area contributed by atoms with Crippen LogP contribution in [0.2, 0.25) is 0 Å². The van der Waals surface area contributed by atoms with Crippen LogP contribution in [0.5, 0.6) is 23.0 Å². The summed E-state index contributed by atoms with van der Waals surface area (Å²) < 4.78 is 21.6. The lowest BCUT2D eigenvalue weighted by atomic mass is 9.69. The van der Waals surface area contributed by atoms with Crippen molar-refractivity contribution in [2.24, 2.45) is 5.92 Å². The van der Waals surface area contributed by atoms with Gasteiger partial charge in [0.05, 0.1) is 39.9 Å². The topological polar surface area (TPSA) is 127 Å². The van der Waals surface area contributed by atoms with Crippen molar-refractivity contribution in [1.82, 2.24) is 4.90 Å². The average molecular weight is 518 g/mol. The number of hydrogen-bond donors (Lipinski definition) is 1. The molecule has 0 aliphatic carbocycles. The van der Waals surface area contributed by atoms with E-state index in [-0.39, 0.29) is 5.92 Å². The highest BCUT2D eigenvalue weighted by atomic mass is 16.9. The molecule has 0 bridgehead atoms. The molecule has 10 nitrogen and oxygen atoms in total. The second kappa shape index (κ2) is 15.4. The van der Waals surface area contributed by atoms with Crippen molar-refractivity contribution < 1.29 is 29.2 Å². The molecule has 2 aromatic rings. The molecule has 0 saturated heterocycles. The van der Waals surface area contributed by atoms with Gasteiger partial charge in [-0.15, -0.1) is 10.1 Å². The van der Waals surface area contributed by atoms with Gasteiger partial charge in [-0.05, 0) is 74.2 Å². The van der Waals surface area contributed by atoms with Crippen LogP contribution in [0.15, 0.2) is 36.4 Å². The Morgan fingerprint density at radius 2 is 1.49 bits per heavy atom. The minimum absolute atomic E-state index is 0.165. The number of benzene rings is 2. The fourth-order valence-electron chi connectivity index (χ4n) is 4.23. The third-order valence-corrected chi connectivity index (χ3v) is 6.42. The first kappa shape index (κ1) is 31.3. The van der Waals surface area contributed by atoms with Gasteiger partial charge in [-0.3, -0.25) is 0 Å². The molecular formula is C27H39N3O7. The number of ether oxygens (including phenoxy) is 4. The molecule has 37 heavy (non-hydrogen) atoms. The van der Waals surface area contributed by atoms with E-state index < -0.39 is 10.5 Å². The van der Waals surface area contributed by atoms with Crippen LogP contribution in [0.3, 0.4) is 0 Å². The van der Waals surface area contributed by atoms with E-state index in [2.05, 4.69) is 37.9 Å². The van der Waals surface area contributed by atoms with E-state index in [0.717, 1.165) is 49.4 Å². The summed E-state index contributed by atoms with van der Waals surface area (Å²) in [5, 5.41) is 23.9. The van der Waals surface area contributed by atoms with Crippen molar-refractivity contribution in [2.75, 3.05) is 48.6 Å². The van der Waals surface area contributed by atoms with Crippen molar-refractivity contribution in [3.8, 4) is 29.1 Å². The van der Waals surface area contributed by atoms with Crippen LogP contribution in [-0.2, 0) is 11.8 Å². The average Bonchev–Trinajstić information content (AvgIpc) is 2.88. The molecule has 0 fully saturated rings. The van der Waals surface area contributed by atoms with Gasteiger partial charge < -0.3 is 29.1 Å². The standard InChI is InChI=1S/C27H38N2O4.HNO3/c1-20(2)27(19-28,22-10-12-24(31-5)26(18-22)33-7)14-8-15-29(3)16-13-21-9-11-23(30-4)25(17-21)32-6;2-1(3)4/h9-12,17-18,20H,8,13-16H2,1-7H3;(H,2,3,4). The maximum absolute atomic E-state index is 10.2. The van der Waals surface area contributed by atoms with Crippen LogP contribution in [0, 0.1) is 27.4 Å². The van der Waals surface area contributed by atoms with E-state index in [0.29, 0.717) is 11.5 Å². The van der Waals surface area contributed by atoms with Gasteiger partial charge in [0.1, 0.15) is 0 Å². The molecule has 204 valence electrons. The predicted octanol–water partition coefficient (Wildman–Crippen LogP) is 4.75. The molecule has 1 unspecified atom stereocenters. The van der Waals surface area contributed by atoms with Crippen molar-refractivity contribution in [1.29, 1.82) is 5.26 Å². The summed E-state index contributed by atoms with van der Waals surface area (Å²) in [5.41, 5.74) is 1.60. The Morgan fingerprint density at radius 3 is 1.97 bits per heavy atom. The van der Waals surface area contributed by atoms with E-state index in [1.54, 1.807) is 28.4 Å². The zero-order chi connectivity index (χ0) is 28.0. The van der Waals surface area contributed by atoms with E-state index in [1.165, 1.54) is 5.56 Å². The van der Waals surface area contributed by atoms with Crippen molar-refractivity contribution in [2.45, 2.75) is 38.5 Å². The minimum atomic E-state index is -1.50. The summed E-state index contributed by atoms with van der Waals surface area (Å²) >= 11 is 0. The molecule has 0 aliphatic rings. The Bertz CT molecular complexity index is 1040. The first-order valence-corrected chi connectivity index (χ1v) is 11.9. The van der Waals surface area contributed by atoms with Gasteiger partial charge in [0.15, 0.2) is 23.0 Å². The summed E-state index contributed by atoms with van der Waals surface area (Å²) in [7, 11) is 8.67. The monoisotopic (exact) mass is 517 g/mol. The number of nitriles is 1. The Kier molecular flexibility index (Phi) is 13.0. The van der Waals surface area contributed by atoms with Gasteiger partial charge in [-0.25, -0.2) is 0 Å². The van der Waals surface area contributed by atoms with Gasteiger partial charge in [0.25, 0.3) is 5.09 Å². The van der Waals surface area contributed by atoms with E-state index in [9.17, 15) is 5.26 Å². The molecule has 0 aromatic heterocycles. The Balaban J connectivity index is 0.00000159. The van der Waals surface area contributed by atoms with Crippen molar-refractivity contribution in [3.63, 3.8) is 0 Å². The third kappa shape index (κ3) is 9.03. The minimum Gasteiger partial charge on any atom is -0.493 e.